The van der Waals surface area contributed by atoms with Gasteiger partial charge in [-0.05, 0) is 79.8 Å². The van der Waals surface area contributed by atoms with Gasteiger partial charge >= 0.3 is 0 Å². The van der Waals surface area contributed by atoms with Gasteiger partial charge in [0.2, 0.25) is 0 Å². The van der Waals surface area contributed by atoms with Crippen LogP contribution >= 0.6 is 0 Å². The molecule has 34 heavy (non-hydrogen) atoms. The van der Waals surface area contributed by atoms with Crippen molar-refractivity contribution in [3.63, 3.8) is 0 Å². The van der Waals surface area contributed by atoms with Crippen molar-refractivity contribution < 1.29 is 15.1 Å². The summed E-state index contributed by atoms with van der Waals surface area (Å²) in [6.07, 6.45) is 14.8. The van der Waals surface area contributed by atoms with Crippen LogP contribution in [0.1, 0.15) is 92.4 Å². The molecule has 0 saturated heterocycles. The topological polar surface area (TPSA) is 62.0 Å². The minimum absolute atomic E-state index is 0.0379. The molecule has 0 aliphatic heterocycles. The van der Waals surface area contributed by atoms with Crippen LogP contribution in [0, 0.1) is 22.7 Å². The fourth-order valence-corrected chi connectivity index (χ4v) is 6.48. The monoisotopic (exact) mass is 469 g/mol. The van der Waals surface area contributed by atoms with E-state index in [-0.39, 0.29) is 10.8 Å². The van der Waals surface area contributed by atoms with Crippen LogP contribution < -0.4 is 0 Å². The van der Waals surface area contributed by atoms with Gasteiger partial charge in [0, 0.05) is 11.8 Å². The molecule has 190 valence electrons. The Labute approximate surface area is 207 Å². The van der Waals surface area contributed by atoms with Crippen molar-refractivity contribution in [1.29, 1.82) is 0 Å². The lowest BCUT2D eigenvalue weighted by Gasteiger charge is -2.42. The number of nitrogens with zero attached hydrogens (tertiary/aromatic N) is 1. The Morgan fingerprint density at radius 2 is 2.06 bits per heavy atom. The van der Waals surface area contributed by atoms with Crippen LogP contribution in [0.25, 0.3) is 0 Å². The SMILES string of the molecule is C=C1/C(=C\C=C2/CCC[C@]3(C)C([C@H](C)CCC/C(=N/OC)C(C)(C)C)=CC[C@@H]23)C[C@@H](O)C[C@@H]1O. The summed E-state index contributed by atoms with van der Waals surface area (Å²) in [5.41, 5.74) is 6.34. The van der Waals surface area contributed by atoms with Crippen LogP contribution in [0.2, 0.25) is 0 Å². The molecule has 0 amide bonds. The highest BCUT2D eigenvalue weighted by atomic mass is 16.6. The molecule has 2 N–H and O–H groups in total. The van der Waals surface area contributed by atoms with Gasteiger partial charge in [-0.3, -0.25) is 0 Å². The average molecular weight is 470 g/mol. The molecule has 4 nitrogen and oxygen atoms in total. The first-order valence-electron chi connectivity index (χ1n) is 13.2. The number of fused-ring (bicyclic) bond motifs is 1. The fraction of sp³-hybridized carbons (Fsp3) is 0.700. The van der Waals surface area contributed by atoms with Gasteiger partial charge in [0.15, 0.2) is 0 Å². The molecule has 0 spiro atoms. The van der Waals surface area contributed by atoms with Crippen LogP contribution in [-0.2, 0) is 4.84 Å². The lowest BCUT2D eigenvalue weighted by atomic mass is 9.62. The highest BCUT2D eigenvalue weighted by Gasteiger charge is 2.45. The van der Waals surface area contributed by atoms with E-state index in [1.807, 2.05) is 0 Å². The summed E-state index contributed by atoms with van der Waals surface area (Å²) in [4.78, 5) is 5.10. The lowest BCUT2D eigenvalue weighted by molar-refractivity contribution is 0.0862. The van der Waals surface area contributed by atoms with Gasteiger partial charge in [-0.1, -0.05) is 75.7 Å². The molecule has 3 aliphatic rings. The molecule has 2 fully saturated rings. The first-order chi connectivity index (χ1) is 16.0. The number of hydrogen-bond acceptors (Lipinski definition) is 4. The van der Waals surface area contributed by atoms with Crippen molar-refractivity contribution in [2.75, 3.05) is 7.11 Å². The maximum atomic E-state index is 10.2. The second kappa shape index (κ2) is 11.0. The Balaban J connectivity index is 1.67. The normalized spacial score (nSPS) is 33.8. The molecule has 0 radical (unpaired) electrons. The third kappa shape index (κ3) is 5.94. The quantitative estimate of drug-likeness (QED) is 0.242. The zero-order chi connectivity index (χ0) is 25.1. The standard InChI is InChI=1S/C30H47NO3/c1-20(10-8-12-28(31-34-7)29(3,4)5)25-15-16-26-22(11-9-17-30(25,26)6)13-14-23-18-24(32)19-27(33)21(23)2/h13-15,20,24,26-27,32-33H,2,8-12,16-19H2,1,3-7H3/b22-13+,23-14-,31-28-/t20-,24-,26+,27+,30-/m1/s1. The molecule has 0 aromatic heterocycles. The Morgan fingerprint density at radius 3 is 2.74 bits per heavy atom. The van der Waals surface area contributed by atoms with Crippen molar-refractivity contribution in [1.82, 2.24) is 0 Å². The van der Waals surface area contributed by atoms with E-state index in [2.05, 4.69) is 64.6 Å². The van der Waals surface area contributed by atoms with Crippen molar-refractivity contribution in [3.8, 4) is 0 Å². The summed E-state index contributed by atoms with van der Waals surface area (Å²) in [6, 6.07) is 0. The number of allylic oxidation sites excluding steroid dienone is 5. The van der Waals surface area contributed by atoms with Gasteiger partial charge in [0.05, 0.1) is 17.9 Å². The summed E-state index contributed by atoms with van der Waals surface area (Å²) in [7, 11) is 1.64. The van der Waals surface area contributed by atoms with Crippen molar-refractivity contribution in [3.05, 3.63) is 47.1 Å². The maximum Gasteiger partial charge on any atom is 0.106 e. The van der Waals surface area contributed by atoms with Crippen LogP contribution in [-0.4, -0.2) is 35.2 Å². The molecule has 0 aromatic rings. The molecule has 0 heterocycles. The number of rotatable bonds is 7. The number of aliphatic hydroxyl groups excluding tert-OH is 2. The van der Waals surface area contributed by atoms with Crippen LogP contribution in [0.3, 0.4) is 0 Å². The molecule has 2 saturated carbocycles. The van der Waals surface area contributed by atoms with Crippen LogP contribution in [0.5, 0.6) is 0 Å². The molecule has 3 aliphatic carbocycles. The second-order valence-electron chi connectivity index (χ2n) is 12.1. The predicted molar refractivity (Wildman–Crippen MR) is 142 cm³/mol. The van der Waals surface area contributed by atoms with Crippen LogP contribution in [0.15, 0.2) is 52.3 Å². The van der Waals surface area contributed by atoms with Gasteiger partial charge in [-0.2, -0.15) is 0 Å². The third-order valence-electron chi connectivity index (χ3n) is 8.52. The Hall–Kier alpha value is -1.65. The van der Waals surface area contributed by atoms with E-state index >= 15 is 0 Å². The first kappa shape index (κ1) is 26.9. The average Bonchev–Trinajstić information content (AvgIpc) is 3.11. The fourth-order valence-electron chi connectivity index (χ4n) is 6.48. The second-order valence-corrected chi connectivity index (χ2v) is 12.1. The highest BCUT2D eigenvalue weighted by molar-refractivity contribution is 5.88. The molecule has 5 atom stereocenters. The summed E-state index contributed by atoms with van der Waals surface area (Å²) >= 11 is 0. The number of oxime groups is 1. The van der Waals surface area contributed by atoms with Crippen molar-refractivity contribution >= 4 is 5.71 Å². The summed E-state index contributed by atoms with van der Waals surface area (Å²) in [5.74, 6) is 1.13. The van der Waals surface area contributed by atoms with E-state index in [9.17, 15) is 10.2 Å². The van der Waals surface area contributed by atoms with E-state index in [1.54, 1.807) is 12.7 Å². The largest absolute Gasteiger partial charge is 0.399 e. The lowest BCUT2D eigenvalue weighted by Crippen LogP contribution is -2.32. The van der Waals surface area contributed by atoms with E-state index in [1.165, 1.54) is 24.8 Å². The van der Waals surface area contributed by atoms with E-state index in [4.69, 9.17) is 4.84 Å². The minimum Gasteiger partial charge on any atom is -0.399 e. The van der Waals surface area contributed by atoms with Gasteiger partial charge in [0.1, 0.15) is 7.11 Å². The number of hydrogen-bond donors (Lipinski definition) is 2. The van der Waals surface area contributed by atoms with Crippen molar-refractivity contribution in [2.24, 2.45) is 27.8 Å². The molecule has 0 bridgehead atoms. The Morgan fingerprint density at radius 1 is 1.32 bits per heavy atom. The summed E-state index contributed by atoms with van der Waals surface area (Å²) in [6.45, 7) is 15.6. The smallest absolute Gasteiger partial charge is 0.106 e. The van der Waals surface area contributed by atoms with Gasteiger partial charge < -0.3 is 15.1 Å². The minimum atomic E-state index is -0.627. The molecular weight excluding hydrogens is 422 g/mol. The highest BCUT2D eigenvalue weighted by Crippen LogP contribution is 2.57. The van der Waals surface area contributed by atoms with Gasteiger partial charge in [-0.25, -0.2) is 0 Å². The molecule has 0 unspecified atom stereocenters. The molecule has 0 aromatic carbocycles. The van der Waals surface area contributed by atoms with Gasteiger partial charge in [0.25, 0.3) is 0 Å². The van der Waals surface area contributed by atoms with E-state index in [0.29, 0.717) is 24.7 Å². The summed E-state index contributed by atoms with van der Waals surface area (Å²) in [5, 5.41) is 24.6. The molecule has 4 heteroatoms. The zero-order valence-electron chi connectivity index (χ0n) is 22.4. The number of aliphatic hydroxyl groups is 2. The molecule has 3 rings (SSSR count). The van der Waals surface area contributed by atoms with Crippen LogP contribution in [0.4, 0.5) is 0 Å². The van der Waals surface area contributed by atoms with Gasteiger partial charge in [-0.15, -0.1) is 0 Å². The maximum absolute atomic E-state index is 10.2. The summed E-state index contributed by atoms with van der Waals surface area (Å²) < 4.78 is 0. The van der Waals surface area contributed by atoms with E-state index in [0.717, 1.165) is 42.5 Å². The third-order valence-corrected chi connectivity index (χ3v) is 8.52. The Bertz CT molecular complexity index is 872. The van der Waals surface area contributed by atoms with Crippen molar-refractivity contribution in [2.45, 2.75) is 105 Å². The zero-order valence-corrected chi connectivity index (χ0v) is 22.4. The van der Waals surface area contributed by atoms with E-state index < -0.39 is 12.2 Å². The Kier molecular flexibility index (Phi) is 8.68. The first-order valence-corrected chi connectivity index (χ1v) is 13.2. The predicted octanol–water partition coefficient (Wildman–Crippen LogP) is 6.90. The molecular formula is C30H47NO3.